The molecule has 0 aromatic carbocycles. The van der Waals surface area contributed by atoms with E-state index in [4.69, 9.17) is 4.74 Å². The van der Waals surface area contributed by atoms with E-state index in [1.165, 1.54) is 0 Å². The van der Waals surface area contributed by atoms with Gasteiger partial charge in [0.25, 0.3) is 0 Å². The summed E-state index contributed by atoms with van der Waals surface area (Å²) in [7, 11) is 5.77. The topological polar surface area (TPSA) is 25.4 Å². The first-order valence-corrected chi connectivity index (χ1v) is 4.70. The van der Waals surface area contributed by atoms with Crippen molar-refractivity contribution in [2.24, 2.45) is 0 Å². The molecule has 0 saturated heterocycles. The third kappa shape index (κ3) is 2.23. The van der Waals surface area contributed by atoms with Crippen molar-refractivity contribution < 1.29 is 4.74 Å². The maximum Gasteiger partial charge on any atom is 0.128 e. The predicted molar refractivity (Wildman–Crippen MR) is 57.7 cm³/mol. The summed E-state index contributed by atoms with van der Waals surface area (Å²) >= 11 is 0. The second-order valence-electron chi connectivity index (χ2n) is 3.78. The van der Waals surface area contributed by atoms with Crippen LogP contribution in [0, 0.1) is 13.8 Å². The number of rotatable bonds is 3. The minimum absolute atomic E-state index is 0.850. The van der Waals surface area contributed by atoms with Crippen molar-refractivity contribution in [2.75, 3.05) is 21.2 Å². The summed E-state index contributed by atoms with van der Waals surface area (Å²) in [6.07, 6.45) is 1.87. The van der Waals surface area contributed by atoms with Gasteiger partial charge in [-0.3, -0.25) is 4.98 Å². The minimum Gasteiger partial charge on any atom is -0.496 e. The van der Waals surface area contributed by atoms with E-state index in [-0.39, 0.29) is 0 Å². The normalized spacial score (nSPS) is 10.7. The zero-order valence-corrected chi connectivity index (χ0v) is 9.59. The van der Waals surface area contributed by atoms with Crippen molar-refractivity contribution in [2.45, 2.75) is 20.4 Å². The van der Waals surface area contributed by atoms with Crippen LogP contribution in [-0.4, -0.2) is 31.1 Å². The molecule has 1 aromatic heterocycles. The van der Waals surface area contributed by atoms with Gasteiger partial charge in [-0.15, -0.1) is 0 Å². The summed E-state index contributed by atoms with van der Waals surface area (Å²) in [4.78, 5) is 6.51. The van der Waals surface area contributed by atoms with Crippen molar-refractivity contribution >= 4 is 0 Å². The van der Waals surface area contributed by atoms with Gasteiger partial charge in [0, 0.05) is 23.9 Å². The lowest BCUT2D eigenvalue weighted by molar-refractivity contribution is 0.385. The fourth-order valence-corrected chi connectivity index (χ4v) is 1.53. The number of aryl methyl sites for hydroxylation is 1. The zero-order valence-electron chi connectivity index (χ0n) is 9.59. The van der Waals surface area contributed by atoms with Crippen LogP contribution in [0.1, 0.15) is 16.8 Å². The summed E-state index contributed by atoms with van der Waals surface area (Å²) in [5.74, 6) is 0.955. The van der Waals surface area contributed by atoms with Gasteiger partial charge in [0.1, 0.15) is 5.75 Å². The summed E-state index contributed by atoms with van der Waals surface area (Å²) in [5, 5.41) is 0. The molecule has 0 spiro atoms. The van der Waals surface area contributed by atoms with Gasteiger partial charge in [0.05, 0.1) is 12.8 Å². The summed E-state index contributed by atoms with van der Waals surface area (Å²) < 4.78 is 5.34. The molecule has 0 bridgehead atoms. The molecular weight excluding hydrogens is 176 g/mol. The predicted octanol–water partition coefficient (Wildman–Crippen LogP) is 1.77. The highest BCUT2D eigenvalue weighted by Crippen LogP contribution is 2.24. The van der Waals surface area contributed by atoms with E-state index in [1.54, 1.807) is 7.11 Å². The number of nitrogens with zero attached hydrogens (tertiary/aromatic N) is 2. The average molecular weight is 194 g/mol. The maximum atomic E-state index is 5.34. The molecule has 0 N–H and O–H groups in total. The lowest BCUT2D eigenvalue weighted by Crippen LogP contribution is -2.13. The van der Waals surface area contributed by atoms with E-state index in [1.807, 2.05) is 27.2 Å². The highest BCUT2D eigenvalue weighted by molar-refractivity contribution is 5.40. The Morgan fingerprint density at radius 2 is 2.00 bits per heavy atom. The van der Waals surface area contributed by atoms with Crippen molar-refractivity contribution in [1.82, 2.24) is 9.88 Å². The zero-order chi connectivity index (χ0) is 10.7. The van der Waals surface area contributed by atoms with Gasteiger partial charge >= 0.3 is 0 Å². The number of ether oxygens (including phenoxy) is 1. The van der Waals surface area contributed by atoms with Crippen molar-refractivity contribution in [3.05, 3.63) is 23.0 Å². The third-order valence-corrected chi connectivity index (χ3v) is 2.22. The largest absolute Gasteiger partial charge is 0.496 e. The maximum absolute atomic E-state index is 5.34. The molecule has 78 valence electrons. The molecule has 1 rings (SSSR count). The Labute approximate surface area is 85.7 Å². The number of aromatic nitrogens is 1. The molecule has 0 radical (unpaired) electrons. The van der Waals surface area contributed by atoms with Crippen molar-refractivity contribution in [1.29, 1.82) is 0 Å². The highest BCUT2D eigenvalue weighted by Gasteiger charge is 2.09. The van der Waals surface area contributed by atoms with Crippen LogP contribution in [0.5, 0.6) is 5.75 Å². The highest BCUT2D eigenvalue weighted by atomic mass is 16.5. The Hall–Kier alpha value is -1.09. The van der Waals surface area contributed by atoms with Gasteiger partial charge < -0.3 is 9.64 Å². The fraction of sp³-hybridized carbons (Fsp3) is 0.545. The quantitative estimate of drug-likeness (QED) is 0.733. The Balaban J connectivity index is 3.08. The molecule has 3 heteroatoms. The third-order valence-electron chi connectivity index (χ3n) is 2.22. The van der Waals surface area contributed by atoms with E-state index in [2.05, 4.69) is 16.8 Å². The van der Waals surface area contributed by atoms with Crippen molar-refractivity contribution in [3.63, 3.8) is 0 Å². The molecule has 0 aliphatic carbocycles. The molecule has 0 amide bonds. The number of hydrogen-bond acceptors (Lipinski definition) is 3. The molecule has 3 nitrogen and oxygen atoms in total. The summed E-state index contributed by atoms with van der Waals surface area (Å²) in [6, 6.07) is 0. The van der Waals surface area contributed by atoms with E-state index in [9.17, 15) is 0 Å². The van der Waals surface area contributed by atoms with Crippen LogP contribution < -0.4 is 4.74 Å². The Bertz CT molecular complexity index is 321. The molecule has 0 aliphatic rings. The minimum atomic E-state index is 0.850. The molecule has 0 atom stereocenters. The second kappa shape index (κ2) is 4.42. The van der Waals surface area contributed by atoms with Crippen LogP contribution in [-0.2, 0) is 6.54 Å². The monoisotopic (exact) mass is 194 g/mol. The standard InChI is InChI=1S/C11H18N2O/c1-8-6-12-10(7-13(3)4)9(2)11(8)14-5/h6H,7H2,1-5H3. The van der Waals surface area contributed by atoms with Crippen LogP contribution >= 0.6 is 0 Å². The molecule has 0 saturated carbocycles. The molecule has 1 aromatic rings. The summed E-state index contributed by atoms with van der Waals surface area (Å²) in [6.45, 7) is 4.92. The fourth-order valence-electron chi connectivity index (χ4n) is 1.53. The van der Waals surface area contributed by atoms with E-state index in [0.717, 1.165) is 29.1 Å². The van der Waals surface area contributed by atoms with Crippen LogP contribution in [0.15, 0.2) is 6.20 Å². The van der Waals surface area contributed by atoms with Gasteiger partial charge in [-0.1, -0.05) is 0 Å². The molecule has 1 heterocycles. The van der Waals surface area contributed by atoms with Crippen LogP contribution in [0.2, 0.25) is 0 Å². The van der Waals surface area contributed by atoms with Gasteiger partial charge in [-0.25, -0.2) is 0 Å². The molecule has 0 aliphatic heterocycles. The lowest BCUT2D eigenvalue weighted by atomic mass is 10.1. The second-order valence-corrected chi connectivity index (χ2v) is 3.78. The lowest BCUT2D eigenvalue weighted by Gasteiger charge is -2.15. The van der Waals surface area contributed by atoms with Crippen molar-refractivity contribution in [3.8, 4) is 5.75 Å². The molecule has 14 heavy (non-hydrogen) atoms. The number of pyridine rings is 1. The molecule has 0 unspecified atom stereocenters. The number of hydrogen-bond donors (Lipinski definition) is 0. The average Bonchev–Trinajstić information content (AvgIpc) is 2.10. The smallest absolute Gasteiger partial charge is 0.128 e. The van der Waals surface area contributed by atoms with Gasteiger partial charge in [0.15, 0.2) is 0 Å². The first-order valence-electron chi connectivity index (χ1n) is 4.70. The first-order chi connectivity index (χ1) is 6.56. The van der Waals surface area contributed by atoms with Gasteiger partial charge in [-0.2, -0.15) is 0 Å². The Morgan fingerprint density at radius 3 is 2.50 bits per heavy atom. The number of methoxy groups -OCH3 is 1. The van der Waals surface area contributed by atoms with Crippen LogP contribution in [0.25, 0.3) is 0 Å². The van der Waals surface area contributed by atoms with Crippen LogP contribution in [0.3, 0.4) is 0 Å². The van der Waals surface area contributed by atoms with Crippen LogP contribution in [0.4, 0.5) is 0 Å². The Morgan fingerprint density at radius 1 is 1.36 bits per heavy atom. The van der Waals surface area contributed by atoms with Gasteiger partial charge in [0.2, 0.25) is 0 Å². The van der Waals surface area contributed by atoms with E-state index < -0.39 is 0 Å². The van der Waals surface area contributed by atoms with E-state index in [0.29, 0.717) is 0 Å². The molecule has 0 fully saturated rings. The Kier molecular flexibility index (Phi) is 3.47. The van der Waals surface area contributed by atoms with E-state index >= 15 is 0 Å². The van der Waals surface area contributed by atoms with Gasteiger partial charge in [-0.05, 0) is 27.9 Å². The summed E-state index contributed by atoms with van der Waals surface area (Å²) in [5.41, 5.74) is 3.31. The SMILES string of the molecule is COc1c(C)cnc(CN(C)C)c1C. The first kappa shape index (κ1) is 11.0. The molecular formula is C11H18N2O.